The Kier molecular flexibility index (Phi) is 13.0. The zero-order valence-corrected chi connectivity index (χ0v) is 35.8. The molecule has 0 bridgehead atoms. The molecule has 2 aromatic heterocycles. The van der Waals surface area contributed by atoms with Gasteiger partial charge < -0.3 is 19.1 Å². The van der Waals surface area contributed by atoms with Crippen molar-refractivity contribution in [1.29, 1.82) is 0 Å². The van der Waals surface area contributed by atoms with Crippen molar-refractivity contribution in [2.45, 2.75) is 79.4 Å². The molecule has 3 aromatic carbocycles. The van der Waals surface area contributed by atoms with Crippen LogP contribution < -0.4 is 15.0 Å². The lowest BCUT2D eigenvalue weighted by atomic mass is 9.88. The molecule has 1 N–H and O–H groups in total. The highest BCUT2D eigenvalue weighted by molar-refractivity contribution is 7.22. The van der Waals surface area contributed by atoms with Gasteiger partial charge in [0, 0.05) is 24.2 Å². The third kappa shape index (κ3) is 10.3. The number of ether oxygens (including phenoxy) is 3. The highest BCUT2D eigenvalue weighted by Gasteiger charge is 2.28. The maximum absolute atomic E-state index is 14.0. The Labute approximate surface area is 351 Å². The minimum atomic E-state index is -0.727. The summed E-state index contributed by atoms with van der Waals surface area (Å²) in [6.45, 7) is 15.9. The maximum Gasteiger partial charge on any atom is 0.358 e. The quantitative estimate of drug-likeness (QED) is 0.115. The first-order valence-electron chi connectivity index (χ1n) is 20.7. The number of nitrogens with zero attached hydrogens (tertiary/aromatic N) is 4. The van der Waals surface area contributed by atoms with Gasteiger partial charge >= 0.3 is 11.9 Å². The Bertz CT molecular complexity index is 2280. The van der Waals surface area contributed by atoms with Gasteiger partial charge in [-0.25, -0.2) is 14.8 Å². The molecule has 1 saturated heterocycles. The van der Waals surface area contributed by atoms with Gasteiger partial charge in [0.2, 0.25) is 0 Å². The van der Waals surface area contributed by atoms with E-state index in [2.05, 4.69) is 33.1 Å². The van der Waals surface area contributed by atoms with Crippen molar-refractivity contribution in [2.24, 2.45) is 11.8 Å². The van der Waals surface area contributed by atoms with Crippen molar-refractivity contribution in [2.75, 3.05) is 49.6 Å². The number of carbonyl (C=O) groups excluding carboxylic acids is 3. The predicted octanol–water partition coefficient (Wildman–Crippen LogP) is 9.12. The van der Waals surface area contributed by atoms with Crippen LogP contribution in [-0.4, -0.2) is 77.7 Å². The van der Waals surface area contributed by atoms with E-state index in [1.54, 1.807) is 0 Å². The Morgan fingerprint density at radius 1 is 0.932 bits per heavy atom. The normalized spacial score (nSPS) is 15.4. The molecule has 11 nitrogen and oxygen atoms in total. The third-order valence-corrected chi connectivity index (χ3v) is 12.0. The molecular formula is C47H55N5O6S. The van der Waals surface area contributed by atoms with E-state index in [-0.39, 0.29) is 17.6 Å². The van der Waals surface area contributed by atoms with Gasteiger partial charge in [-0.05, 0) is 144 Å². The number of hydrogen-bond acceptors (Lipinski definition) is 11. The van der Waals surface area contributed by atoms with E-state index >= 15 is 0 Å². The topological polar surface area (TPSA) is 123 Å². The number of nitrogens with one attached hydrogen (secondary N) is 1. The van der Waals surface area contributed by atoms with Gasteiger partial charge in [-0.3, -0.25) is 19.8 Å². The number of thiazole rings is 1. The first-order chi connectivity index (χ1) is 28.3. The van der Waals surface area contributed by atoms with Gasteiger partial charge in [0.25, 0.3) is 5.91 Å². The highest BCUT2D eigenvalue weighted by Crippen LogP contribution is 2.36. The van der Waals surface area contributed by atoms with E-state index in [1.807, 2.05) is 101 Å². The maximum atomic E-state index is 14.0. The van der Waals surface area contributed by atoms with Gasteiger partial charge in [0.1, 0.15) is 17.2 Å². The SMILES string of the molecule is CCOC(=O)CN1CCC(C[C@H](C)COc2cccc(-c3ccc(N4CCc5cccc(C(=O)Nc6nc7ccccc7s6)c5C4)nc3C(=O)OC(C)(C)C)c2C)CC1. The predicted molar refractivity (Wildman–Crippen MR) is 233 cm³/mol. The standard InChI is InChI=1S/C47H55N5O6S/c1-7-56-42(53)28-51-23-20-32(21-24-51)26-30(2)29-57-39-16-11-13-34(31(39)3)35-18-19-41(49-43(35)45(55)58-47(4,5)6)52-25-22-33-12-10-14-36(37(33)27-52)44(54)50-46-48-38-15-8-9-17-40(38)59-46/h8-19,30,32H,7,20-29H2,1-6H3,(H,48,50,54)/t30-/m0/s1. The summed E-state index contributed by atoms with van der Waals surface area (Å²) in [4.78, 5) is 53.5. The van der Waals surface area contributed by atoms with E-state index in [1.165, 1.54) is 11.3 Å². The Morgan fingerprint density at radius 2 is 1.71 bits per heavy atom. The Hall–Kier alpha value is -5.33. The molecule has 1 fully saturated rings. The lowest BCUT2D eigenvalue weighted by Crippen LogP contribution is -2.38. The minimum Gasteiger partial charge on any atom is -0.493 e. The third-order valence-electron chi connectivity index (χ3n) is 11.0. The van der Waals surface area contributed by atoms with Crippen molar-refractivity contribution >= 4 is 50.3 Å². The van der Waals surface area contributed by atoms with Crippen molar-refractivity contribution in [3.8, 4) is 16.9 Å². The molecule has 0 spiro atoms. The van der Waals surface area contributed by atoms with E-state index in [0.717, 1.165) is 70.6 Å². The van der Waals surface area contributed by atoms with Crippen molar-refractivity contribution in [3.63, 3.8) is 0 Å². The fourth-order valence-electron chi connectivity index (χ4n) is 8.10. The number of benzene rings is 3. The molecule has 0 saturated carbocycles. The number of para-hydroxylation sites is 1. The molecule has 59 heavy (non-hydrogen) atoms. The van der Waals surface area contributed by atoms with E-state index in [4.69, 9.17) is 19.2 Å². The van der Waals surface area contributed by atoms with Crippen LogP contribution in [0.15, 0.2) is 72.8 Å². The van der Waals surface area contributed by atoms with Crippen molar-refractivity contribution < 1.29 is 28.6 Å². The van der Waals surface area contributed by atoms with Crippen LogP contribution >= 0.6 is 11.3 Å². The van der Waals surface area contributed by atoms with Gasteiger partial charge in [-0.15, -0.1) is 0 Å². The number of piperidine rings is 1. The summed E-state index contributed by atoms with van der Waals surface area (Å²) in [5.74, 6) is 1.46. The molecule has 1 amide bonds. The Balaban J connectivity index is 1.07. The number of esters is 2. The first-order valence-corrected chi connectivity index (χ1v) is 21.5. The van der Waals surface area contributed by atoms with E-state index < -0.39 is 11.6 Å². The number of fused-ring (bicyclic) bond motifs is 2. The number of rotatable bonds is 13. The second-order valence-electron chi connectivity index (χ2n) is 16.7. The largest absolute Gasteiger partial charge is 0.493 e. The zero-order chi connectivity index (χ0) is 41.7. The number of aromatic nitrogens is 2. The average Bonchev–Trinajstić information content (AvgIpc) is 3.62. The lowest BCUT2D eigenvalue weighted by Gasteiger charge is -2.32. The van der Waals surface area contributed by atoms with Crippen molar-refractivity contribution in [1.82, 2.24) is 14.9 Å². The number of hydrogen-bond donors (Lipinski definition) is 1. The molecular weight excluding hydrogens is 763 g/mol. The first kappa shape index (κ1) is 41.8. The van der Waals surface area contributed by atoms with Gasteiger partial charge in [0.15, 0.2) is 10.8 Å². The van der Waals surface area contributed by atoms with Crippen LogP contribution in [0.4, 0.5) is 10.9 Å². The monoisotopic (exact) mass is 817 g/mol. The van der Waals surface area contributed by atoms with Crippen molar-refractivity contribution in [3.05, 3.63) is 101 Å². The second kappa shape index (κ2) is 18.3. The number of likely N-dealkylation sites (tertiary alicyclic amines) is 1. The molecule has 0 unspecified atom stereocenters. The summed E-state index contributed by atoms with van der Waals surface area (Å²) in [6.07, 6.45) is 3.88. The summed E-state index contributed by atoms with van der Waals surface area (Å²) in [7, 11) is 0. The molecule has 12 heteroatoms. The van der Waals surface area contributed by atoms with Crippen LogP contribution in [0.3, 0.4) is 0 Å². The van der Waals surface area contributed by atoms with Crippen LogP contribution in [0.25, 0.3) is 21.3 Å². The number of pyridine rings is 1. The van der Waals surface area contributed by atoms with Crippen LogP contribution in [0.2, 0.25) is 0 Å². The van der Waals surface area contributed by atoms with Gasteiger partial charge in [-0.2, -0.15) is 0 Å². The summed E-state index contributed by atoms with van der Waals surface area (Å²) >= 11 is 1.45. The fraction of sp³-hybridized carbons (Fsp3) is 0.426. The second-order valence-corrected chi connectivity index (χ2v) is 17.8. The molecule has 2 aliphatic rings. The van der Waals surface area contributed by atoms with E-state index in [0.29, 0.717) is 73.2 Å². The van der Waals surface area contributed by atoms with Gasteiger partial charge in [-0.1, -0.05) is 54.7 Å². The minimum absolute atomic E-state index is 0.151. The number of anilines is 2. The van der Waals surface area contributed by atoms with Crippen LogP contribution in [0.5, 0.6) is 5.75 Å². The summed E-state index contributed by atoms with van der Waals surface area (Å²) in [5.41, 5.74) is 5.42. The zero-order valence-electron chi connectivity index (χ0n) is 35.0. The number of amides is 1. The summed E-state index contributed by atoms with van der Waals surface area (Å²) in [6, 6.07) is 23.5. The van der Waals surface area contributed by atoms with Crippen LogP contribution in [0, 0.1) is 18.8 Å². The molecule has 1 atom stereocenters. The van der Waals surface area contributed by atoms with E-state index in [9.17, 15) is 14.4 Å². The lowest BCUT2D eigenvalue weighted by molar-refractivity contribution is -0.144. The fourth-order valence-corrected chi connectivity index (χ4v) is 8.97. The molecule has 0 radical (unpaired) electrons. The van der Waals surface area contributed by atoms with Crippen LogP contribution in [0.1, 0.15) is 91.4 Å². The van der Waals surface area contributed by atoms with Gasteiger partial charge in [0.05, 0.1) is 30.0 Å². The molecule has 4 heterocycles. The molecule has 7 rings (SSSR count). The average molecular weight is 818 g/mol. The van der Waals surface area contributed by atoms with Crippen LogP contribution in [-0.2, 0) is 27.2 Å². The summed E-state index contributed by atoms with van der Waals surface area (Å²) in [5, 5.41) is 3.58. The number of carbonyl (C=O) groups is 3. The highest BCUT2D eigenvalue weighted by atomic mass is 32.1. The Morgan fingerprint density at radius 3 is 2.47 bits per heavy atom. The smallest absolute Gasteiger partial charge is 0.358 e. The molecule has 0 aliphatic carbocycles. The molecule has 310 valence electrons. The molecule has 5 aromatic rings. The summed E-state index contributed by atoms with van der Waals surface area (Å²) < 4.78 is 18.5. The molecule has 2 aliphatic heterocycles.